The largest absolute Gasteiger partial charge is 0.434 e. The van der Waals surface area contributed by atoms with E-state index in [1.165, 1.54) is 0 Å². The molecule has 6 heteroatoms. The van der Waals surface area contributed by atoms with Gasteiger partial charge >= 0.3 is 0 Å². The summed E-state index contributed by atoms with van der Waals surface area (Å²) in [4.78, 5) is 4.46. The number of rotatable bonds is 1. The molecular formula is C13H11BrN4O. The van der Waals surface area contributed by atoms with Gasteiger partial charge in [-0.2, -0.15) is 10.2 Å². The first-order valence-corrected chi connectivity index (χ1v) is 6.51. The first-order valence-electron chi connectivity index (χ1n) is 5.71. The molecule has 2 heterocycles. The molecule has 96 valence electrons. The Balaban J connectivity index is 2.26. The minimum atomic E-state index is 0.510. The summed E-state index contributed by atoms with van der Waals surface area (Å²) in [5.74, 6) is 0.510. The Morgan fingerprint density at radius 1 is 1.16 bits per heavy atom. The van der Waals surface area contributed by atoms with E-state index in [4.69, 9.17) is 10.2 Å². The number of nitrogens with zero attached hydrogens (tertiary/aromatic N) is 3. The molecule has 0 amide bonds. The zero-order chi connectivity index (χ0) is 13.6. The predicted octanol–water partition coefficient (Wildman–Crippen LogP) is 3.25. The number of nitrogens with two attached hydrogens (primary N) is 1. The highest BCUT2D eigenvalue weighted by Crippen LogP contribution is 2.31. The zero-order valence-corrected chi connectivity index (χ0v) is 12.0. The van der Waals surface area contributed by atoms with Crippen LogP contribution >= 0.6 is 15.9 Å². The quantitative estimate of drug-likeness (QED) is 0.697. The van der Waals surface area contributed by atoms with Crippen molar-refractivity contribution in [1.82, 2.24) is 15.2 Å². The second kappa shape index (κ2) is 4.31. The first-order chi connectivity index (χ1) is 9.04. The average Bonchev–Trinajstić information content (AvgIpc) is 2.76. The maximum Gasteiger partial charge on any atom is 0.229 e. The molecule has 0 atom stereocenters. The molecule has 0 saturated carbocycles. The SMILES string of the molecule is Cc1cc(-c2nc3cc(Br)cc(N)c3o2)c(C)nn1. The van der Waals surface area contributed by atoms with E-state index in [0.29, 0.717) is 17.2 Å². The van der Waals surface area contributed by atoms with Crippen LogP contribution in [0.3, 0.4) is 0 Å². The molecular weight excluding hydrogens is 308 g/mol. The fourth-order valence-electron chi connectivity index (χ4n) is 1.90. The number of hydrogen-bond acceptors (Lipinski definition) is 5. The third kappa shape index (κ3) is 2.08. The zero-order valence-electron chi connectivity index (χ0n) is 10.4. The number of aryl methyl sites for hydroxylation is 2. The lowest BCUT2D eigenvalue weighted by molar-refractivity contribution is 0.619. The maximum absolute atomic E-state index is 5.92. The van der Waals surface area contributed by atoms with Crippen LogP contribution in [0.1, 0.15) is 11.4 Å². The van der Waals surface area contributed by atoms with Gasteiger partial charge in [-0.05, 0) is 32.0 Å². The van der Waals surface area contributed by atoms with Crippen LogP contribution in [-0.2, 0) is 0 Å². The topological polar surface area (TPSA) is 77.8 Å². The van der Waals surface area contributed by atoms with Crippen molar-refractivity contribution >= 4 is 32.7 Å². The van der Waals surface area contributed by atoms with Gasteiger partial charge in [0.25, 0.3) is 0 Å². The van der Waals surface area contributed by atoms with E-state index in [0.717, 1.165) is 26.9 Å². The summed E-state index contributed by atoms with van der Waals surface area (Å²) in [7, 11) is 0. The lowest BCUT2D eigenvalue weighted by Crippen LogP contribution is -1.93. The van der Waals surface area contributed by atoms with Crippen LogP contribution in [0.15, 0.2) is 27.1 Å². The highest BCUT2D eigenvalue weighted by Gasteiger charge is 2.14. The summed E-state index contributed by atoms with van der Waals surface area (Å²) in [5, 5.41) is 8.07. The van der Waals surface area contributed by atoms with Crippen molar-refractivity contribution in [3.63, 3.8) is 0 Å². The number of oxazole rings is 1. The van der Waals surface area contributed by atoms with Gasteiger partial charge in [0, 0.05) is 4.47 Å². The molecule has 3 aromatic rings. The Bertz CT molecular complexity index is 782. The van der Waals surface area contributed by atoms with E-state index in [1.807, 2.05) is 26.0 Å². The summed E-state index contributed by atoms with van der Waals surface area (Å²) >= 11 is 3.39. The van der Waals surface area contributed by atoms with E-state index in [-0.39, 0.29) is 0 Å². The highest BCUT2D eigenvalue weighted by atomic mass is 79.9. The van der Waals surface area contributed by atoms with Crippen LogP contribution < -0.4 is 5.73 Å². The van der Waals surface area contributed by atoms with Gasteiger partial charge in [-0.1, -0.05) is 15.9 Å². The number of benzene rings is 1. The third-order valence-corrected chi connectivity index (χ3v) is 3.27. The molecule has 0 spiro atoms. The van der Waals surface area contributed by atoms with Gasteiger partial charge in [-0.25, -0.2) is 4.98 Å². The molecule has 3 rings (SSSR count). The van der Waals surface area contributed by atoms with Crippen molar-refractivity contribution in [3.8, 4) is 11.5 Å². The minimum Gasteiger partial charge on any atom is -0.434 e. The van der Waals surface area contributed by atoms with Gasteiger partial charge in [-0.3, -0.25) is 0 Å². The van der Waals surface area contributed by atoms with Crippen molar-refractivity contribution in [3.05, 3.63) is 34.1 Å². The lowest BCUT2D eigenvalue weighted by Gasteiger charge is -1.99. The Morgan fingerprint density at radius 3 is 2.74 bits per heavy atom. The average molecular weight is 319 g/mol. The third-order valence-electron chi connectivity index (χ3n) is 2.81. The summed E-state index contributed by atoms with van der Waals surface area (Å²) in [6.07, 6.45) is 0. The Morgan fingerprint density at radius 2 is 1.95 bits per heavy atom. The summed E-state index contributed by atoms with van der Waals surface area (Å²) in [6, 6.07) is 5.56. The van der Waals surface area contributed by atoms with E-state index < -0.39 is 0 Å². The van der Waals surface area contributed by atoms with Crippen LogP contribution in [0, 0.1) is 13.8 Å². The van der Waals surface area contributed by atoms with E-state index in [2.05, 4.69) is 31.1 Å². The summed E-state index contributed by atoms with van der Waals surface area (Å²) in [5.41, 5.74) is 10.2. The molecule has 0 radical (unpaired) electrons. The number of anilines is 1. The van der Waals surface area contributed by atoms with Crippen LogP contribution in [0.5, 0.6) is 0 Å². The van der Waals surface area contributed by atoms with Crippen molar-refractivity contribution in [1.29, 1.82) is 0 Å². The molecule has 2 aromatic heterocycles. The highest BCUT2D eigenvalue weighted by molar-refractivity contribution is 9.10. The molecule has 0 aliphatic carbocycles. The number of halogens is 1. The number of aromatic nitrogens is 3. The fraction of sp³-hybridized carbons (Fsp3) is 0.154. The van der Waals surface area contributed by atoms with E-state index in [9.17, 15) is 0 Å². The molecule has 0 aliphatic heterocycles. The van der Waals surface area contributed by atoms with Crippen LogP contribution in [0.25, 0.3) is 22.6 Å². The number of nitrogen functional groups attached to an aromatic ring is 1. The van der Waals surface area contributed by atoms with Crippen molar-refractivity contribution in [2.75, 3.05) is 5.73 Å². The fourth-order valence-corrected chi connectivity index (χ4v) is 2.37. The van der Waals surface area contributed by atoms with Gasteiger partial charge in [0.15, 0.2) is 5.58 Å². The standard InChI is InChI=1S/C13H11BrN4O/c1-6-3-9(7(2)18-17-6)13-16-11-5-8(14)4-10(15)12(11)19-13/h3-5H,15H2,1-2H3. The first kappa shape index (κ1) is 12.1. The number of hydrogen-bond donors (Lipinski definition) is 1. The van der Waals surface area contributed by atoms with Crippen molar-refractivity contribution < 1.29 is 4.42 Å². The smallest absolute Gasteiger partial charge is 0.229 e. The molecule has 1 aromatic carbocycles. The molecule has 0 aliphatic rings. The second-order valence-corrected chi connectivity index (χ2v) is 5.26. The summed E-state index contributed by atoms with van der Waals surface area (Å²) in [6.45, 7) is 3.75. The molecule has 0 fully saturated rings. The molecule has 0 bridgehead atoms. The Hall–Kier alpha value is -1.95. The van der Waals surface area contributed by atoms with Gasteiger partial charge in [0.1, 0.15) is 5.52 Å². The predicted molar refractivity (Wildman–Crippen MR) is 76.6 cm³/mol. The van der Waals surface area contributed by atoms with Gasteiger partial charge < -0.3 is 10.2 Å². The molecule has 2 N–H and O–H groups in total. The Kier molecular flexibility index (Phi) is 2.74. The van der Waals surface area contributed by atoms with E-state index in [1.54, 1.807) is 6.07 Å². The lowest BCUT2D eigenvalue weighted by atomic mass is 10.2. The Labute approximate surface area is 118 Å². The van der Waals surface area contributed by atoms with Gasteiger partial charge in [0.05, 0.1) is 22.6 Å². The van der Waals surface area contributed by atoms with Gasteiger partial charge in [0.2, 0.25) is 5.89 Å². The van der Waals surface area contributed by atoms with Crippen molar-refractivity contribution in [2.24, 2.45) is 0 Å². The monoisotopic (exact) mass is 318 g/mol. The molecule has 5 nitrogen and oxygen atoms in total. The van der Waals surface area contributed by atoms with Crippen LogP contribution in [-0.4, -0.2) is 15.2 Å². The molecule has 0 saturated heterocycles. The molecule has 19 heavy (non-hydrogen) atoms. The van der Waals surface area contributed by atoms with E-state index >= 15 is 0 Å². The maximum atomic E-state index is 5.92. The van der Waals surface area contributed by atoms with Crippen LogP contribution in [0.4, 0.5) is 5.69 Å². The van der Waals surface area contributed by atoms with Crippen molar-refractivity contribution in [2.45, 2.75) is 13.8 Å². The number of fused-ring (bicyclic) bond motifs is 1. The summed E-state index contributed by atoms with van der Waals surface area (Å²) < 4.78 is 6.62. The molecule has 0 unspecified atom stereocenters. The van der Waals surface area contributed by atoms with Crippen LogP contribution in [0.2, 0.25) is 0 Å². The minimum absolute atomic E-state index is 0.510. The second-order valence-electron chi connectivity index (χ2n) is 4.35. The normalized spacial score (nSPS) is 11.1. The van der Waals surface area contributed by atoms with Gasteiger partial charge in [-0.15, -0.1) is 0 Å².